The van der Waals surface area contributed by atoms with E-state index >= 15 is 0 Å². The van der Waals surface area contributed by atoms with Crippen molar-refractivity contribution in [3.63, 3.8) is 0 Å². The zero-order valence-electron chi connectivity index (χ0n) is 18.9. The van der Waals surface area contributed by atoms with E-state index in [0.29, 0.717) is 17.9 Å². The average Bonchev–Trinajstić information content (AvgIpc) is 3.51. The number of hydrogen-bond acceptors (Lipinski definition) is 9. The summed E-state index contributed by atoms with van der Waals surface area (Å²) in [5.74, 6) is -0.483. The summed E-state index contributed by atoms with van der Waals surface area (Å²) in [6.07, 6.45) is 4.85. The molecule has 0 atom stereocenters. The number of carbonyl (C=O) groups excluding carboxylic acids is 2. The molecule has 36 heavy (non-hydrogen) atoms. The molecule has 1 saturated heterocycles. The summed E-state index contributed by atoms with van der Waals surface area (Å²) in [7, 11) is -4.12. The van der Waals surface area contributed by atoms with E-state index in [1.54, 1.807) is 10.6 Å². The predicted molar refractivity (Wildman–Crippen MR) is 132 cm³/mol. The van der Waals surface area contributed by atoms with Crippen molar-refractivity contribution in [3.8, 4) is 11.9 Å². The number of rotatable bonds is 5. The van der Waals surface area contributed by atoms with Crippen LogP contribution in [-0.2, 0) is 21.2 Å². The first-order chi connectivity index (χ1) is 17.3. The van der Waals surface area contributed by atoms with E-state index < -0.39 is 21.9 Å². The molecule has 0 spiro atoms. The second-order valence-electron chi connectivity index (χ2n) is 8.35. The van der Waals surface area contributed by atoms with Crippen molar-refractivity contribution in [1.82, 2.24) is 14.3 Å². The number of nitrogens with zero attached hydrogens (tertiary/aromatic N) is 4. The van der Waals surface area contributed by atoms with Crippen LogP contribution in [0.3, 0.4) is 0 Å². The summed E-state index contributed by atoms with van der Waals surface area (Å²) >= 11 is 6.70. The first-order valence-electron chi connectivity index (χ1n) is 11.2. The first-order valence-corrected chi connectivity index (χ1v) is 13.9. The molecule has 186 valence electrons. The number of amides is 1. The number of thiophene rings is 1. The number of pyridine rings is 1. The summed E-state index contributed by atoms with van der Waals surface area (Å²) in [6.45, 7) is 1.65. The number of fused-ring (bicyclic) bond motifs is 1. The molecule has 0 aromatic carbocycles. The highest BCUT2D eigenvalue weighted by molar-refractivity contribution is 7.92. The Bertz CT molecular complexity index is 1520. The summed E-state index contributed by atoms with van der Waals surface area (Å²) in [5.41, 5.74) is 0.965. The fourth-order valence-corrected chi connectivity index (χ4v) is 6.73. The molecule has 0 unspecified atom stereocenters. The van der Waals surface area contributed by atoms with Gasteiger partial charge in [0.2, 0.25) is 0 Å². The number of esters is 1. The van der Waals surface area contributed by atoms with Crippen LogP contribution in [0.1, 0.15) is 51.2 Å². The molecule has 0 aliphatic carbocycles. The number of ether oxygens (including phenoxy) is 1. The van der Waals surface area contributed by atoms with Gasteiger partial charge in [0.05, 0.1) is 33.3 Å². The van der Waals surface area contributed by atoms with E-state index in [-0.39, 0.29) is 37.7 Å². The van der Waals surface area contributed by atoms with E-state index in [4.69, 9.17) is 16.3 Å². The van der Waals surface area contributed by atoms with Gasteiger partial charge >= 0.3 is 5.97 Å². The highest BCUT2D eigenvalue weighted by Crippen LogP contribution is 2.30. The maximum absolute atomic E-state index is 13.1. The molecule has 10 nitrogen and oxygen atoms in total. The van der Waals surface area contributed by atoms with Gasteiger partial charge in [-0.15, -0.1) is 11.3 Å². The van der Waals surface area contributed by atoms with Gasteiger partial charge in [0.25, 0.3) is 15.9 Å². The van der Waals surface area contributed by atoms with E-state index in [2.05, 4.69) is 20.7 Å². The van der Waals surface area contributed by atoms with E-state index in [0.717, 1.165) is 43.7 Å². The highest BCUT2D eigenvalue weighted by atomic mass is 35.5. The molecule has 1 amide bonds. The number of aromatic nitrogens is 2. The SMILES string of the molecule is N#Cc1cc2c(nc1-n1cc(C(=O)NS(=O)(=O)c3ccc(Cl)s3)cc1N1CCCCC1)CCOC2=O. The molecule has 0 saturated carbocycles. The second kappa shape index (κ2) is 9.57. The lowest BCUT2D eigenvalue weighted by atomic mass is 10.1. The van der Waals surface area contributed by atoms with Crippen LogP contribution in [0, 0.1) is 11.3 Å². The number of carbonyl (C=O) groups is 2. The zero-order valence-corrected chi connectivity index (χ0v) is 21.2. The largest absolute Gasteiger partial charge is 0.462 e. The van der Waals surface area contributed by atoms with Crippen molar-refractivity contribution >= 4 is 50.7 Å². The van der Waals surface area contributed by atoms with Crippen LogP contribution >= 0.6 is 22.9 Å². The Morgan fingerprint density at radius 2 is 2.00 bits per heavy atom. The van der Waals surface area contributed by atoms with Crippen LogP contribution in [0.15, 0.2) is 34.7 Å². The van der Waals surface area contributed by atoms with Gasteiger partial charge in [-0.05, 0) is 43.5 Å². The molecule has 1 fully saturated rings. The lowest BCUT2D eigenvalue weighted by Gasteiger charge is -2.29. The van der Waals surface area contributed by atoms with Crippen LogP contribution < -0.4 is 9.62 Å². The van der Waals surface area contributed by atoms with Gasteiger partial charge in [0.1, 0.15) is 16.1 Å². The minimum atomic E-state index is -4.12. The Balaban J connectivity index is 1.58. The van der Waals surface area contributed by atoms with Crippen molar-refractivity contribution in [3.05, 3.63) is 57.2 Å². The monoisotopic (exact) mass is 545 g/mol. The molecule has 3 aromatic rings. The zero-order chi connectivity index (χ0) is 25.4. The number of anilines is 1. The van der Waals surface area contributed by atoms with Gasteiger partial charge in [0.15, 0.2) is 5.82 Å². The summed E-state index contributed by atoms with van der Waals surface area (Å²) < 4.78 is 34.4. The third-order valence-electron chi connectivity index (χ3n) is 6.00. The fraction of sp³-hybridized carbons (Fsp3) is 0.304. The minimum Gasteiger partial charge on any atom is -0.462 e. The van der Waals surface area contributed by atoms with Crippen molar-refractivity contribution in [2.75, 3.05) is 24.6 Å². The Morgan fingerprint density at radius 3 is 2.69 bits per heavy atom. The predicted octanol–water partition coefficient (Wildman–Crippen LogP) is 3.28. The third-order valence-corrected chi connectivity index (χ3v) is 9.06. The molecule has 13 heteroatoms. The maximum atomic E-state index is 13.1. The second-order valence-corrected chi connectivity index (χ2v) is 12.0. The quantitative estimate of drug-likeness (QED) is 0.483. The highest BCUT2D eigenvalue weighted by Gasteiger charge is 2.28. The van der Waals surface area contributed by atoms with Crippen molar-refractivity contribution < 1.29 is 22.7 Å². The Morgan fingerprint density at radius 1 is 1.22 bits per heavy atom. The van der Waals surface area contributed by atoms with Gasteiger partial charge < -0.3 is 9.64 Å². The van der Waals surface area contributed by atoms with Crippen LogP contribution in [-0.4, -0.2) is 49.5 Å². The molecule has 3 aromatic heterocycles. The number of cyclic esters (lactones) is 1. The van der Waals surface area contributed by atoms with E-state index in [9.17, 15) is 23.3 Å². The minimum absolute atomic E-state index is 0.0773. The van der Waals surface area contributed by atoms with Crippen molar-refractivity contribution in [1.29, 1.82) is 5.26 Å². The number of nitrogens with one attached hydrogen (secondary N) is 1. The van der Waals surface area contributed by atoms with E-state index in [1.165, 1.54) is 24.4 Å². The number of halogens is 1. The van der Waals surface area contributed by atoms with Crippen molar-refractivity contribution in [2.24, 2.45) is 0 Å². The Kier molecular flexibility index (Phi) is 6.46. The lowest BCUT2D eigenvalue weighted by molar-refractivity contribution is 0.0477. The van der Waals surface area contributed by atoms with Gasteiger partial charge in [-0.1, -0.05) is 11.6 Å². The number of hydrogen-bond donors (Lipinski definition) is 1. The summed E-state index contributed by atoms with van der Waals surface area (Å²) in [4.78, 5) is 31.9. The van der Waals surface area contributed by atoms with Crippen molar-refractivity contribution in [2.45, 2.75) is 29.9 Å². The lowest BCUT2D eigenvalue weighted by Crippen LogP contribution is -2.31. The fourth-order valence-electron chi connectivity index (χ4n) is 4.28. The van der Waals surface area contributed by atoms with Gasteiger partial charge in [0, 0.05) is 25.7 Å². The standard InChI is InChI=1S/C23H20ClN5O5S2/c24-18-4-5-20(35-18)36(32,33)27-22(30)15-11-19(28-7-2-1-3-8-28)29(13-15)21-14(12-25)10-16-17(26-21)6-9-34-23(16)31/h4-5,10-11,13H,1-3,6-9H2,(H,27,30). The average molecular weight is 546 g/mol. The molecule has 0 radical (unpaired) electrons. The number of sulfonamides is 1. The van der Waals surface area contributed by atoms with Gasteiger partial charge in [-0.2, -0.15) is 5.26 Å². The summed E-state index contributed by atoms with van der Waals surface area (Å²) in [6, 6.07) is 7.89. The Labute approximate surface area is 216 Å². The smallest absolute Gasteiger partial charge is 0.340 e. The molecule has 5 heterocycles. The third kappa shape index (κ3) is 4.57. The molecule has 0 bridgehead atoms. The molecular weight excluding hydrogens is 526 g/mol. The van der Waals surface area contributed by atoms with Crippen LogP contribution in [0.5, 0.6) is 0 Å². The van der Waals surface area contributed by atoms with Gasteiger partial charge in [-0.3, -0.25) is 9.36 Å². The number of piperidine rings is 1. The van der Waals surface area contributed by atoms with Crippen LogP contribution in [0.25, 0.3) is 5.82 Å². The molecule has 2 aliphatic rings. The topological polar surface area (TPSA) is 134 Å². The first kappa shape index (κ1) is 24.3. The Hall–Kier alpha value is -3.40. The van der Waals surface area contributed by atoms with Crippen LogP contribution in [0.4, 0.5) is 5.82 Å². The summed E-state index contributed by atoms with van der Waals surface area (Å²) in [5, 5.41) is 9.83. The van der Waals surface area contributed by atoms with Crippen LogP contribution in [0.2, 0.25) is 4.34 Å². The molecule has 2 aliphatic heterocycles. The van der Waals surface area contributed by atoms with E-state index in [1.807, 2.05) is 0 Å². The molecular formula is C23H20ClN5O5S2. The normalized spacial score (nSPS) is 15.7. The number of nitriles is 1. The van der Waals surface area contributed by atoms with Gasteiger partial charge in [-0.25, -0.2) is 22.9 Å². The molecule has 5 rings (SSSR count). The maximum Gasteiger partial charge on any atom is 0.340 e. The molecule has 1 N–H and O–H groups in total.